The topological polar surface area (TPSA) is 61.4 Å². The van der Waals surface area contributed by atoms with E-state index in [1.54, 1.807) is 4.90 Å². The molecule has 0 aliphatic carbocycles. The number of amides is 3. The first-order valence-electron chi connectivity index (χ1n) is 9.67. The maximum atomic E-state index is 12.8. The van der Waals surface area contributed by atoms with Crippen molar-refractivity contribution in [3.8, 4) is 0 Å². The average Bonchev–Trinajstić information content (AvgIpc) is 2.60. The van der Waals surface area contributed by atoms with Crippen LogP contribution in [-0.4, -0.2) is 36.5 Å². The third-order valence-electron chi connectivity index (χ3n) is 5.10. The first-order chi connectivity index (χ1) is 12.3. The van der Waals surface area contributed by atoms with Gasteiger partial charge in [0.2, 0.25) is 5.91 Å². The minimum atomic E-state index is -0.529. The molecule has 5 heteroatoms. The van der Waals surface area contributed by atoms with Crippen LogP contribution in [0.3, 0.4) is 0 Å². The average molecular weight is 360 g/mol. The Balaban J connectivity index is 1.87. The first-order valence-corrected chi connectivity index (χ1v) is 9.67. The van der Waals surface area contributed by atoms with Crippen LogP contribution in [-0.2, 0) is 11.3 Å². The molecule has 5 nitrogen and oxygen atoms in total. The molecule has 0 unspecified atom stereocenters. The molecule has 0 saturated carbocycles. The number of nitrogens with zero attached hydrogens (tertiary/aromatic N) is 1. The molecule has 0 aromatic heterocycles. The highest BCUT2D eigenvalue weighted by Crippen LogP contribution is 2.30. The summed E-state index contributed by atoms with van der Waals surface area (Å²) in [6.45, 7) is 10.7. The van der Waals surface area contributed by atoms with E-state index in [1.165, 1.54) is 5.56 Å². The van der Waals surface area contributed by atoms with E-state index in [4.69, 9.17) is 0 Å². The molecule has 1 saturated heterocycles. The molecule has 1 heterocycles. The third kappa shape index (κ3) is 5.75. The normalized spacial score (nSPS) is 20.1. The molecule has 2 N–H and O–H groups in total. The first kappa shape index (κ1) is 20.3. The zero-order valence-electron chi connectivity index (χ0n) is 16.6. The zero-order chi connectivity index (χ0) is 19.2. The van der Waals surface area contributed by atoms with Gasteiger partial charge in [-0.05, 0) is 44.6 Å². The van der Waals surface area contributed by atoms with Crippen molar-refractivity contribution in [1.82, 2.24) is 15.5 Å². The molecule has 1 atom stereocenters. The predicted octanol–water partition coefficient (Wildman–Crippen LogP) is 3.47. The van der Waals surface area contributed by atoms with Crippen molar-refractivity contribution in [2.75, 3.05) is 19.6 Å². The van der Waals surface area contributed by atoms with Crippen LogP contribution < -0.4 is 10.6 Å². The van der Waals surface area contributed by atoms with Gasteiger partial charge in [-0.1, -0.05) is 43.7 Å². The molecule has 144 valence electrons. The molecule has 1 aliphatic rings. The van der Waals surface area contributed by atoms with Crippen LogP contribution in [0.25, 0.3) is 0 Å². The Morgan fingerprint density at radius 1 is 1.19 bits per heavy atom. The van der Waals surface area contributed by atoms with Gasteiger partial charge in [0.1, 0.15) is 0 Å². The van der Waals surface area contributed by atoms with Crippen LogP contribution in [0.15, 0.2) is 24.3 Å². The quantitative estimate of drug-likeness (QED) is 0.817. The van der Waals surface area contributed by atoms with Crippen molar-refractivity contribution in [1.29, 1.82) is 0 Å². The zero-order valence-corrected chi connectivity index (χ0v) is 16.6. The number of likely N-dealkylation sites (tertiary alicyclic amines) is 1. The summed E-state index contributed by atoms with van der Waals surface area (Å²) in [6.07, 6.45) is 2.63. The standard InChI is InChI=1S/C21H33N3O2/c1-16(2)10-12-22-20(26)24-13-5-11-21(4,15-24)19(25)23-14-18-8-6-17(3)7-9-18/h6-9,16H,5,10-15H2,1-4H3,(H,22,26)(H,23,25)/t21-/m0/s1. The van der Waals surface area contributed by atoms with Gasteiger partial charge in [0, 0.05) is 26.2 Å². The smallest absolute Gasteiger partial charge is 0.317 e. The molecule has 2 rings (SSSR count). The summed E-state index contributed by atoms with van der Waals surface area (Å²) in [5, 5.41) is 6.03. The Hall–Kier alpha value is -2.04. The van der Waals surface area contributed by atoms with E-state index in [1.807, 2.05) is 38.1 Å². The molecular formula is C21H33N3O2. The molecule has 3 amide bonds. The predicted molar refractivity (Wildman–Crippen MR) is 105 cm³/mol. The fourth-order valence-electron chi connectivity index (χ4n) is 3.28. The highest BCUT2D eigenvalue weighted by molar-refractivity contribution is 5.84. The Kier molecular flexibility index (Phi) is 7.06. The highest BCUT2D eigenvalue weighted by atomic mass is 16.2. The van der Waals surface area contributed by atoms with Gasteiger partial charge in [-0.2, -0.15) is 0 Å². The summed E-state index contributed by atoms with van der Waals surface area (Å²) in [4.78, 5) is 26.9. The van der Waals surface area contributed by atoms with Gasteiger partial charge in [0.25, 0.3) is 0 Å². The number of piperidine rings is 1. The van der Waals surface area contributed by atoms with E-state index in [0.29, 0.717) is 32.1 Å². The molecule has 1 aromatic rings. The summed E-state index contributed by atoms with van der Waals surface area (Å²) in [7, 11) is 0. The number of hydrogen-bond donors (Lipinski definition) is 2. The number of rotatable bonds is 6. The highest BCUT2D eigenvalue weighted by Gasteiger charge is 2.39. The maximum Gasteiger partial charge on any atom is 0.317 e. The van der Waals surface area contributed by atoms with E-state index in [9.17, 15) is 9.59 Å². The van der Waals surface area contributed by atoms with Crippen molar-refractivity contribution in [3.05, 3.63) is 35.4 Å². The molecule has 1 aliphatic heterocycles. The summed E-state index contributed by atoms with van der Waals surface area (Å²) in [6, 6.07) is 8.11. The Labute approximate surface area is 157 Å². The molecule has 1 fully saturated rings. The van der Waals surface area contributed by atoms with Crippen molar-refractivity contribution >= 4 is 11.9 Å². The van der Waals surface area contributed by atoms with E-state index in [2.05, 4.69) is 24.5 Å². The van der Waals surface area contributed by atoms with Crippen LogP contribution in [0.2, 0.25) is 0 Å². The number of nitrogens with one attached hydrogen (secondary N) is 2. The monoisotopic (exact) mass is 359 g/mol. The second kappa shape index (κ2) is 9.06. The van der Waals surface area contributed by atoms with Crippen molar-refractivity contribution in [3.63, 3.8) is 0 Å². The SMILES string of the molecule is Cc1ccc(CNC(=O)[C@@]2(C)CCCN(C(=O)NCCC(C)C)C2)cc1. The minimum absolute atomic E-state index is 0.0257. The van der Waals surface area contributed by atoms with Gasteiger partial charge in [-0.25, -0.2) is 4.79 Å². The molecule has 26 heavy (non-hydrogen) atoms. The fourth-order valence-corrected chi connectivity index (χ4v) is 3.28. The van der Waals surface area contributed by atoms with E-state index in [-0.39, 0.29) is 11.9 Å². The second-order valence-electron chi connectivity index (χ2n) is 8.17. The third-order valence-corrected chi connectivity index (χ3v) is 5.10. The van der Waals surface area contributed by atoms with Gasteiger partial charge in [-0.3, -0.25) is 4.79 Å². The lowest BCUT2D eigenvalue weighted by Crippen LogP contribution is -2.54. The lowest BCUT2D eigenvalue weighted by atomic mass is 9.81. The van der Waals surface area contributed by atoms with Gasteiger partial charge in [0.05, 0.1) is 5.41 Å². The summed E-state index contributed by atoms with van der Waals surface area (Å²) < 4.78 is 0. The Morgan fingerprint density at radius 2 is 1.88 bits per heavy atom. The molecule has 0 bridgehead atoms. The number of aryl methyl sites for hydroxylation is 1. The van der Waals surface area contributed by atoms with E-state index in [0.717, 1.165) is 24.8 Å². The van der Waals surface area contributed by atoms with Crippen LogP contribution >= 0.6 is 0 Å². The van der Waals surface area contributed by atoms with Gasteiger partial charge < -0.3 is 15.5 Å². The minimum Gasteiger partial charge on any atom is -0.351 e. The Morgan fingerprint density at radius 3 is 2.54 bits per heavy atom. The van der Waals surface area contributed by atoms with Crippen LogP contribution in [0.1, 0.15) is 51.2 Å². The number of hydrogen-bond acceptors (Lipinski definition) is 2. The fraction of sp³-hybridized carbons (Fsp3) is 0.619. The van der Waals surface area contributed by atoms with E-state index >= 15 is 0 Å². The van der Waals surface area contributed by atoms with Crippen LogP contribution in [0, 0.1) is 18.3 Å². The number of carbonyl (C=O) groups excluding carboxylic acids is 2. The summed E-state index contributed by atoms with van der Waals surface area (Å²) >= 11 is 0. The van der Waals surface area contributed by atoms with Crippen molar-refractivity contribution in [2.45, 2.75) is 53.5 Å². The van der Waals surface area contributed by atoms with Crippen LogP contribution in [0.4, 0.5) is 4.79 Å². The molecular weight excluding hydrogens is 326 g/mol. The van der Waals surface area contributed by atoms with Gasteiger partial charge >= 0.3 is 6.03 Å². The van der Waals surface area contributed by atoms with Crippen molar-refractivity contribution < 1.29 is 9.59 Å². The number of benzene rings is 1. The van der Waals surface area contributed by atoms with Gasteiger partial charge in [-0.15, -0.1) is 0 Å². The lowest BCUT2D eigenvalue weighted by Gasteiger charge is -2.39. The summed E-state index contributed by atoms with van der Waals surface area (Å²) in [5.74, 6) is 0.590. The maximum absolute atomic E-state index is 12.8. The number of urea groups is 1. The van der Waals surface area contributed by atoms with Gasteiger partial charge in [0.15, 0.2) is 0 Å². The van der Waals surface area contributed by atoms with Crippen molar-refractivity contribution in [2.24, 2.45) is 11.3 Å². The van der Waals surface area contributed by atoms with Crippen LogP contribution in [0.5, 0.6) is 0 Å². The largest absolute Gasteiger partial charge is 0.351 e. The number of carbonyl (C=O) groups is 2. The second-order valence-corrected chi connectivity index (χ2v) is 8.17. The summed E-state index contributed by atoms with van der Waals surface area (Å²) in [5.41, 5.74) is 1.77. The molecule has 0 radical (unpaired) electrons. The molecule has 1 aromatic carbocycles. The molecule has 0 spiro atoms. The van der Waals surface area contributed by atoms with E-state index < -0.39 is 5.41 Å². The Bertz CT molecular complexity index is 612. The lowest BCUT2D eigenvalue weighted by molar-refractivity contribution is -0.132.